The predicted octanol–water partition coefficient (Wildman–Crippen LogP) is 2.28. The highest BCUT2D eigenvalue weighted by molar-refractivity contribution is 5.93. The van der Waals surface area contributed by atoms with Crippen LogP contribution in [-0.2, 0) is 18.0 Å². The molecule has 0 unspecified atom stereocenters. The first-order valence-electron chi connectivity index (χ1n) is 8.54. The van der Waals surface area contributed by atoms with Gasteiger partial charge >= 0.3 is 5.97 Å². The molecule has 0 aliphatic heterocycles. The molecular weight excluding hydrogens is 346 g/mol. The van der Waals surface area contributed by atoms with E-state index in [0.29, 0.717) is 23.1 Å². The Morgan fingerprint density at radius 2 is 2.00 bits per heavy atom. The maximum atomic E-state index is 12.7. The maximum Gasteiger partial charge on any atom is 0.345 e. The minimum absolute atomic E-state index is 0.0283. The van der Waals surface area contributed by atoms with E-state index in [0.717, 1.165) is 11.2 Å². The topological polar surface area (TPSA) is 91.9 Å². The van der Waals surface area contributed by atoms with Crippen LogP contribution in [0.25, 0.3) is 22.1 Å². The number of rotatable bonds is 4. The van der Waals surface area contributed by atoms with Gasteiger partial charge in [-0.05, 0) is 38.1 Å². The Kier molecular flexibility index (Phi) is 4.15. The number of hydrogen-bond acceptors (Lipinski definition) is 6. The van der Waals surface area contributed by atoms with Crippen molar-refractivity contribution in [2.75, 3.05) is 0 Å². The average molecular weight is 363 g/mol. The lowest BCUT2D eigenvalue weighted by Gasteiger charge is -2.11. The zero-order chi connectivity index (χ0) is 19.0. The number of nitrogens with zero attached hydrogens (tertiary/aromatic N) is 5. The number of hydrogen-bond donors (Lipinski definition) is 0. The van der Waals surface area contributed by atoms with Crippen molar-refractivity contribution in [3.05, 3.63) is 64.1 Å². The summed E-state index contributed by atoms with van der Waals surface area (Å²) in [5, 5.41) is 8.38. The Hall–Kier alpha value is -3.55. The van der Waals surface area contributed by atoms with Crippen LogP contribution in [0, 0.1) is 6.92 Å². The molecule has 136 valence electrons. The Morgan fingerprint density at radius 3 is 2.81 bits per heavy atom. The number of esters is 1. The maximum absolute atomic E-state index is 12.7. The van der Waals surface area contributed by atoms with Gasteiger partial charge in [-0.3, -0.25) is 4.79 Å². The number of pyridine rings is 2. The summed E-state index contributed by atoms with van der Waals surface area (Å²) >= 11 is 0. The van der Waals surface area contributed by atoms with Gasteiger partial charge in [-0.1, -0.05) is 17.3 Å². The molecule has 27 heavy (non-hydrogen) atoms. The van der Waals surface area contributed by atoms with Crippen molar-refractivity contribution < 1.29 is 9.53 Å². The molecule has 4 rings (SSSR count). The molecule has 0 amide bonds. The summed E-state index contributed by atoms with van der Waals surface area (Å²) in [4.78, 5) is 29.7. The first-order chi connectivity index (χ1) is 13.1. The van der Waals surface area contributed by atoms with E-state index in [9.17, 15) is 9.59 Å². The van der Waals surface area contributed by atoms with Gasteiger partial charge in [-0.15, -0.1) is 5.10 Å². The van der Waals surface area contributed by atoms with E-state index in [-0.39, 0.29) is 12.3 Å². The Balaban J connectivity index is 1.67. The molecule has 0 radical (unpaired) electrons. The van der Waals surface area contributed by atoms with Gasteiger partial charge in [0.25, 0.3) is 0 Å². The molecule has 0 N–H and O–H groups in total. The molecule has 8 nitrogen and oxygen atoms in total. The fourth-order valence-electron chi connectivity index (χ4n) is 2.96. The van der Waals surface area contributed by atoms with Crippen LogP contribution in [0.5, 0.6) is 0 Å². The van der Waals surface area contributed by atoms with Crippen molar-refractivity contribution in [3.63, 3.8) is 0 Å². The molecule has 4 aromatic rings. The summed E-state index contributed by atoms with van der Waals surface area (Å²) in [6.07, 6.45) is 1.50. The van der Waals surface area contributed by atoms with Crippen LogP contribution in [0.15, 0.2) is 47.4 Å². The average Bonchev–Trinajstić information content (AvgIpc) is 3.09. The second kappa shape index (κ2) is 6.64. The highest BCUT2D eigenvalue weighted by atomic mass is 16.5. The third-order valence-electron chi connectivity index (χ3n) is 4.36. The molecule has 0 bridgehead atoms. The number of benzene rings is 1. The van der Waals surface area contributed by atoms with E-state index in [1.165, 1.54) is 10.9 Å². The zero-order valence-corrected chi connectivity index (χ0v) is 14.9. The summed E-state index contributed by atoms with van der Waals surface area (Å²) in [5.41, 5.74) is 2.39. The fourth-order valence-corrected chi connectivity index (χ4v) is 2.96. The highest BCUT2D eigenvalue weighted by Gasteiger charge is 2.18. The van der Waals surface area contributed by atoms with Crippen molar-refractivity contribution >= 4 is 28.0 Å². The first kappa shape index (κ1) is 16.9. The minimum atomic E-state index is -0.704. The summed E-state index contributed by atoms with van der Waals surface area (Å²) in [6, 6.07) is 10.8. The summed E-state index contributed by atoms with van der Waals surface area (Å²) in [7, 11) is 0. The molecule has 0 atom stereocenters. The number of aryl methyl sites for hydroxylation is 2. The molecular formula is C19H17N5O3. The number of carbonyl (C=O) groups excluding carboxylic acids is 1. The van der Waals surface area contributed by atoms with Gasteiger partial charge in [-0.2, -0.15) is 0 Å². The highest BCUT2D eigenvalue weighted by Crippen LogP contribution is 2.13. The largest absolute Gasteiger partial charge is 0.439 e. The van der Waals surface area contributed by atoms with E-state index in [2.05, 4.69) is 15.3 Å². The molecule has 1 aromatic carbocycles. The molecule has 3 heterocycles. The molecule has 0 saturated carbocycles. The standard InChI is InChI=1S/C19H17N5O3/c1-3-23-10-14(17(25)13-9-8-12(2)20-18(13)23)19(26)27-11-24-16-7-5-4-6-15(16)21-22-24/h4-10H,3,11H2,1-2H3. The second-order valence-electron chi connectivity index (χ2n) is 6.12. The van der Waals surface area contributed by atoms with E-state index in [4.69, 9.17) is 4.74 Å². The summed E-state index contributed by atoms with van der Waals surface area (Å²) < 4.78 is 8.56. The van der Waals surface area contributed by atoms with E-state index < -0.39 is 11.4 Å². The van der Waals surface area contributed by atoms with E-state index in [1.54, 1.807) is 16.7 Å². The number of ether oxygens (including phenoxy) is 1. The van der Waals surface area contributed by atoms with Crippen molar-refractivity contribution in [2.24, 2.45) is 0 Å². The van der Waals surface area contributed by atoms with E-state index in [1.807, 2.05) is 38.1 Å². The molecule has 3 aromatic heterocycles. The summed E-state index contributed by atoms with van der Waals surface area (Å²) in [6.45, 7) is 4.22. The lowest BCUT2D eigenvalue weighted by atomic mass is 10.2. The summed E-state index contributed by atoms with van der Waals surface area (Å²) in [5.74, 6) is -0.704. The first-order valence-corrected chi connectivity index (χ1v) is 8.54. The van der Waals surface area contributed by atoms with Crippen LogP contribution in [0.2, 0.25) is 0 Å². The van der Waals surface area contributed by atoms with Crippen LogP contribution in [0.3, 0.4) is 0 Å². The number of aromatic nitrogens is 5. The lowest BCUT2D eigenvalue weighted by molar-refractivity contribution is 0.0352. The normalized spacial score (nSPS) is 11.2. The van der Waals surface area contributed by atoms with Crippen LogP contribution in [0.1, 0.15) is 23.0 Å². The predicted molar refractivity (Wildman–Crippen MR) is 99.4 cm³/mol. The Labute approximate surface area is 154 Å². The van der Waals surface area contributed by atoms with E-state index >= 15 is 0 Å². The van der Waals surface area contributed by atoms with Crippen LogP contribution < -0.4 is 5.43 Å². The molecule has 0 spiro atoms. The molecule has 0 saturated heterocycles. The van der Waals surface area contributed by atoms with Crippen LogP contribution in [-0.4, -0.2) is 30.5 Å². The minimum Gasteiger partial charge on any atom is -0.439 e. The quantitative estimate of drug-likeness (QED) is 0.517. The van der Waals surface area contributed by atoms with Gasteiger partial charge in [-0.25, -0.2) is 14.5 Å². The third-order valence-corrected chi connectivity index (χ3v) is 4.36. The SMILES string of the molecule is CCn1cc(C(=O)OCn2nnc3ccccc32)c(=O)c2ccc(C)nc21. The molecule has 0 fully saturated rings. The Bertz CT molecular complexity index is 1230. The monoisotopic (exact) mass is 363 g/mol. The van der Waals surface area contributed by atoms with Crippen molar-refractivity contribution in [1.29, 1.82) is 0 Å². The molecule has 0 aliphatic rings. The number of carbonyl (C=O) groups is 1. The zero-order valence-electron chi connectivity index (χ0n) is 14.9. The van der Waals surface area contributed by atoms with Gasteiger partial charge in [0.05, 0.1) is 10.9 Å². The molecule has 8 heteroatoms. The number of fused-ring (bicyclic) bond motifs is 2. The number of para-hydroxylation sites is 1. The second-order valence-corrected chi connectivity index (χ2v) is 6.12. The lowest BCUT2D eigenvalue weighted by Crippen LogP contribution is -2.22. The molecule has 0 aliphatic carbocycles. The van der Waals surface area contributed by atoms with Gasteiger partial charge in [0.2, 0.25) is 5.43 Å². The third kappa shape index (κ3) is 2.95. The van der Waals surface area contributed by atoms with Gasteiger partial charge < -0.3 is 9.30 Å². The fraction of sp³-hybridized carbons (Fsp3) is 0.211. The smallest absolute Gasteiger partial charge is 0.345 e. The van der Waals surface area contributed by atoms with Crippen molar-refractivity contribution in [1.82, 2.24) is 24.5 Å². The van der Waals surface area contributed by atoms with Crippen molar-refractivity contribution in [2.45, 2.75) is 27.1 Å². The van der Waals surface area contributed by atoms with Crippen LogP contribution >= 0.6 is 0 Å². The van der Waals surface area contributed by atoms with Crippen molar-refractivity contribution in [3.8, 4) is 0 Å². The van der Waals surface area contributed by atoms with Gasteiger partial charge in [0.1, 0.15) is 16.7 Å². The van der Waals surface area contributed by atoms with Gasteiger partial charge in [0, 0.05) is 18.4 Å². The van der Waals surface area contributed by atoms with Gasteiger partial charge in [0.15, 0.2) is 6.73 Å². The van der Waals surface area contributed by atoms with Crippen LogP contribution in [0.4, 0.5) is 0 Å². The Morgan fingerprint density at radius 1 is 1.19 bits per heavy atom.